The van der Waals surface area contributed by atoms with Crippen LogP contribution in [0, 0.1) is 11.8 Å². The standard InChI is InChI=1S/C15H25NO4/c1-15(2,3)20-14(18)16-9-10-5-6-12(16)7-11(10)8-13(17)19-4/h10-12H,5-9H2,1-4H3. The van der Waals surface area contributed by atoms with Gasteiger partial charge in [-0.05, 0) is 51.9 Å². The van der Waals surface area contributed by atoms with Crippen LogP contribution in [0.25, 0.3) is 0 Å². The zero-order valence-corrected chi connectivity index (χ0v) is 12.8. The molecule has 3 fully saturated rings. The molecule has 3 unspecified atom stereocenters. The maximum Gasteiger partial charge on any atom is 0.410 e. The van der Waals surface area contributed by atoms with Crippen molar-refractivity contribution >= 4 is 12.1 Å². The van der Waals surface area contributed by atoms with Crippen LogP contribution in [-0.2, 0) is 14.3 Å². The lowest BCUT2D eigenvalue weighted by molar-refractivity contribution is -0.143. The fraction of sp³-hybridized carbons (Fsp3) is 0.867. The number of hydrogen-bond acceptors (Lipinski definition) is 4. The zero-order valence-electron chi connectivity index (χ0n) is 12.8. The summed E-state index contributed by atoms with van der Waals surface area (Å²) in [5.74, 6) is 0.595. The number of methoxy groups -OCH3 is 1. The van der Waals surface area contributed by atoms with E-state index in [1.807, 2.05) is 25.7 Å². The van der Waals surface area contributed by atoms with Gasteiger partial charge in [-0.25, -0.2) is 4.79 Å². The number of carbonyl (C=O) groups excluding carboxylic acids is 2. The van der Waals surface area contributed by atoms with Crippen LogP contribution in [0.15, 0.2) is 0 Å². The highest BCUT2D eigenvalue weighted by molar-refractivity contribution is 5.70. The van der Waals surface area contributed by atoms with Crippen LogP contribution in [0.3, 0.4) is 0 Å². The molecule has 2 bridgehead atoms. The van der Waals surface area contributed by atoms with E-state index >= 15 is 0 Å². The predicted molar refractivity (Wildman–Crippen MR) is 74.2 cm³/mol. The van der Waals surface area contributed by atoms with E-state index < -0.39 is 5.60 Å². The topological polar surface area (TPSA) is 55.8 Å². The smallest absolute Gasteiger partial charge is 0.410 e. The van der Waals surface area contributed by atoms with Crippen molar-refractivity contribution in [2.45, 2.75) is 58.1 Å². The molecule has 3 atom stereocenters. The number of piperidine rings is 2. The Morgan fingerprint density at radius 3 is 2.45 bits per heavy atom. The largest absolute Gasteiger partial charge is 0.469 e. The first-order valence-electron chi connectivity index (χ1n) is 7.36. The molecule has 1 aliphatic carbocycles. The maximum atomic E-state index is 12.2. The summed E-state index contributed by atoms with van der Waals surface area (Å²) < 4.78 is 10.2. The molecule has 0 spiro atoms. The number of ether oxygens (including phenoxy) is 2. The number of esters is 1. The van der Waals surface area contributed by atoms with Crippen LogP contribution in [0.4, 0.5) is 4.79 Å². The lowest BCUT2D eigenvalue weighted by Crippen LogP contribution is -2.55. The average molecular weight is 283 g/mol. The number of hydrogen-bond donors (Lipinski definition) is 0. The Labute approximate surface area is 120 Å². The van der Waals surface area contributed by atoms with Gasteiger partial charge in [0.05, 0.1) is 7.11 Å². The minimum atomic E-state index is -0.459. The summed E-state index contributed by atoms with van der Waals surface area (Å²) in [6.07, 6.45) is 3.25. The normalized spacial score (nSPS) is 29.2. The highest BCUT2D eigenvalue weighted by Gasteiger charge is 2.44. The third kappa shape index (κ3) is 3.44. The Kier molecular flexibility index (Phi) is 4.25. The molecule has 0 aromatic heterocycles. The fourth-order valence-electron chi connectivity index (χ4n) is 3.32. The van der Waals surface area contributed by atoms with E-state index in [1.54, 1.807) is 0 Å². The highest BCUT2D eigenvalue weighted by atomic mass is 16.6. The number of fused-ring (bicyclic) bond motifs is 3. The predicted octanol–water partition coefficient (Wildman–Crippen LogP) is 2.59. The van der Waals surface area contributed by atoms with Crippen LogP contribution < -0.4 is 0 Å². The van der Waals surface area contributed by atoms with E-state index in [9.17, 15) is 9.59 Å². The van der Waals surface area contributed by atoms with Crippen LogP contribution in [-0.4, -0.2) is 42.3 Å². The first-order chi connectivity index (χ1) is 9.30. The molecular weight excluding hydrogens is 258 g/mol. The van der Waals surface area contributed by atoms with Crippen molar-refractivity contribution in [2.24, 2.45) is 11.8 Å². The van der Waals surface area contributed by atoms with Crippen LogP contribution in [0.1, 0.15) is 46.5 Å². The number of carbonyl (C=O) groups is 2. The molecule has 3 rings (SSSR count). The maximum absolute atomic E-state index is 12.2. The summed E-state index contributed by atoms with van der Waals surface area (Å²) in [5.41, 5.74) is -0.459. The van der Waals surface area contributed by atoms with Gasteiger partial charge in [0.2, 0.25) is 0 Å². The van der Waals surface area contributed by atoms with Gasteiger partial charge in [-0.3, -0.25) is 4.79 Å². The van der Waals surface area contributed by atoms with E-state index in [4.69, 9.17) is 9.47 Å². The van der Waals surface area contributed by atoms with Gasteiger partial charge in [-0.15, -0.1) is 0 Å². The van der Waals surface area contributed by atoms with Crippen molar-refractivity contribution in [1.29, 1.82) is 0 Å². The van der Waals surface area contributed by atoms with Crippen molar-refractivity contribution in [3.8, 4) is 0 Å². The third-order valence-electron chi connectivity index (χ3n) is 4.27. The van der Waals surface area contributed by atoms with Gasteiger partial charge in [0, 0.05) is 19.0 Å². The Balaban J connectivity index is 1.96. The fourth-order valence-corrected chi connectivity index (χ4v) is 3.32. The van der Waals surface area contributed by atoms with Crippen molar-refractivity contribution in [1.82, 2.24) is 4.90 Å². The van der Waals surface area contributed by atoms with Crippen LogP contribution >= 0.6 is 0 Å². The van der Waals surface area contributed by atoms with Crippen molar-refractivity contribution < 1.29 is 19.1 Å². The first-order valence-corrected chi connectivity index (χ1v) is 7.36. The molecule has 20 heavy (non-hydrogen) atoms. The second kappa shape index (κ2) is 5.62. The van der Waals surface area contributed by atoms with Crippen LogP contribution in [0.2, 0.25) is 0 Å². The van der Waals surface area contributed by atoms with Gasteiger partial charge in [0.1, 0.15) is 5.60 Å². The van der Waals surface area contributed by atoms with Gasteiger partial charge in [0.15, 0.2) is 0 Å². The van der Waals surface area contributed by atoms with Gasteiger partial charge in [-0.2, -0.15) is 0 Å². The monoisotopic (exact) mass is 283 g/mol. The highest BCUT2D eigenvalue weighted by Crippen LogP contribution is 2.41. The van der Waals surface area contributed by atoms with E-state index in [1.165, 1.54) is 7.11 Å². The minimum Gasteiger partial charge on any atom is -0.469 e. The Morgan fingerprint density at radius 1 is 1.25 bits per heavy atom. The molecule has 1 amide bonds. The zero-order chi connectivity index (χ0) is 14.9. The minimum absolute atomic E-state index is 0.147. The SMILES string of the molecule is COC(=O)CC1CC2CCC1CN2C(=O)OC(C)(C)C. The lowest BCUT2D eigenvalue weighted by Gasteiger charge is -2.49. The second-order valence-electron chi connectivity index (χ2n) is 6.90. The molecule has 0 N–H and O–H groups in total. The molecule has 5 heteroatoms. The third-order valence-corrected chi connectivity index (χ3v) is 4.27. The van der Waals surface area contributed by atoms with Gasteiger partial charge in [0.25, 0.3) is 0 Å². The van der Waals surface area contributed by atoms with E-state index in [0.29, 0.717) is 24.8 Å². The lowest BCUT2D eigenvalue weighted by atomic mass is 9.71. The summed E-state index contributed by atoms with van der Waals surface area (Å²) in [7, 11) is 1.43. The molecule has 5 nitrogen and oxygen atoms in total. The van der Waals surface area contributed by atoms with Crippen LogP contribution in [0.5, 0.6) is 0 Å². The molecule has 2 heterocycles. The summed E-state index contributed by atoms with van der Waals surface area (Å²) >= 11 is 0. The number of rotatable bonds is 2. The molecule has 0 aromatic carbocycles. The average Bonchev–Trinajstić information content (AvgIpc) is 2.37. The quantitative estimate of drug-likeness (QED) is 0.731. The summed E-state index contributed by atoms with van der Waals surface area (Å²) in [5, 5.41) is 0. The summed E-state index contributed by atoms with van der Waals surface area (Å²) in [6.45, 7) is 6.36. The molecule has 114 valence electrons. The second-order valence-corrected chi connectivity index (χ2v) is 6.90. The van der Waals surface area contributed by atoms with Gasteiger partial charge in [-0.1, -0.05) is 0 Å². The first kappa shape index (κ1) is 15.1. The van der Waals surface area contributed by atoms with E-state index in [-0.39, 0.29) is 18.1 Å². The molecule has 2 aliphatic heterocycles. The van der Waals surface area contributed by atoms with E-state index in [2.05, 4.69) is 0 Å². The number of amides is 1. The molecular formula is C15H25NO4. The van der Waals surface area contributed by atoms with Crippen molar-refractivity contribution in [3.63, 3.8) is 0 Å². The van der Waals surface area contributed by atoms with E-state index in [0.717, 1.165) is 19.3 Å². The molecule has 0 radical (unpaired) electrons. The number of nitrogens with zero attached hydrogens (tertiary/aromatic N) is 1. The van der Waals surface area contributed by atoms with Gasteiger partial charge >= 0.3 is 12.1 Å². The van der Waals surface area contributed by atoms with Gasteiger partial charge < -0.3 is 14.4 Å². The van der Waals surface area contributed by atoms with Crippen molar-refractivity contribution in [2.75, 3.05) is 13.7 Å². The molecule has 3 aliphatic rings. The molecule has 2 saturated heterocycles. The molecule has 1 saturated carbocycles. The van der Waals surface area contributed by atoms with Crippen molar-refractivity contribution in [3.05, 3.63) is 0 Å². The Hall–Kier alpha value is -1.26. The summed E-state index contributed by atoms with van der Waals surface area (Å²) in [6, 6.07) is 0.213. The molecule has 0 aromatic rings. The Bertz CT molecular complexity index is 388. The summed E-state index contributed by atoms with van der Waals surface area (Å²) in [4.78, 5) is 25.5. The Morgan fingerprint density at radius 2 is 1.95 bits per heavy atom.